The summed E-state index contributed by atoms with van der Waals surface area (Å²) in [7, 11) is 0. The highest BCUT2D eigenvalue weighted by molar-refractivity contribution is 5.46. The highest BCUT2D eigenvalue weighted by Crippen LogP contribution is 2.25. The number of piperazine rings is 1. The van der Waals surface area contributed by atoms with E-state index in [4.69, 9.17) is 0 Å². The maximum absolute atomic E-state index is 3.51. The molecule has 1 aromatic carbocycles. The van der Waals surface area contributed by atoms with Crippen LogP contribution in [0.2, 0.25) is 0 Å². The minimum Gasteiger partial charge on any atom is -0.369 e. The number of nitrogens with zero attached hydrogens (tertiary/aromatic N) is 3. The molecular weight excluding hydrogens is 310 g/mol. The number of nitrogens with one attached hydrogen (secondary N) is 2. The molecule has 2 N–H and O–H groups in total. The number of hydrazine groups is 1. The van der Waals surface area contributed by atoms with Gasteiger partial charge in [-0.05, 0) is 31.5 Å². The summed E-state index contributed by atoms with van der Waals surface area (Å²) in [6.45, 7) is 11.9. The SMILES string of the molecule is CCC1NNC2CCN(CCN3CCN(c4ccccc4)CC3)CC12. The van der Waals surface area contributed by atoms with Gasteiger partial charge < -0.3 is 9.80 Å². The second-order valence-corrected chi connectivity index (χ2v) is 7.83. The van der Waals surface area contributed by atoms with Gasteiger partial charge in [0.15, 0.2) is 0 Å². The Labute approximate surface area is 152 Å². The molecule has 5 nitrogen and oxygen atoms in total. The van der Waals surface area contributed by atoms with Crippen LogP contribution in [-0.4, -0.2) is 74.2 Å². The quantitative estimate of drug-likeness (QED) is 0.844. The summed E-state index contributed by atoms with van der Waals surface area (Å²) >= 11 is 0. The molecule has 0 radical (unpaired) electrons. The van der Waals surface area contributed by atoms with Crippen LogP contribution in [0.5, 0.6) is 0 Å². The van der Waals surface area contributed by atoms with E-state index in [9.17, 15) is 0 Å². The number of rotatable bonds is 5. The van der Waals surface area contributed by atoms with Gasteiger partial charge in [-0.15, -0.1) is 0 Å². The van der Waals surface area contributed by atoms with Crippen molar-refractivity contribution in [3.05, 3.63) is 30.3 Å². The Hall–Kier alpha value is -1.14. The van der Waals surface area contributed by atoms with Crippen LogP contribution in [0.4, 0.5) is 5.69 Å². The predicted molar refractivity (Wildman–Crippen MR) is 104 cm³/mol. The summed E-state index contributed by atoms with van der Waals surface area (Å²) in [6, 6.07) is 12.2. The highest BCUT2D eigenvalue weighted by Gasteiger charge is 2.38. The number of fused-ring (bicyclic) bond motifs is 1. The summed E-state index contributed by atoms with van der Waals surface area (Å²) in [5.41, 5.74) is 8.39. The number of likely N-dealkylation sites (tertiary alicyclic amines) is 1. The number of anilines is 1. The molecule has 1 aromatic rings. The van der Waals surface area contributed by atoms with Crippen LogP contribution in [0.1, 0.15) is 19.8 Å². The fraction of sp³-hybridized carbons (Fsp3) is 0.700. The van der Waals surface area contributed by atoms with Crippen molar-refractivity contribution in [2.45, 2.75) is 31.8 Å². The maximum atomic E-state index is 3.51. The van der Waals surface area contributed by atoms with Gasteiger partial charge in [-0.3, -0.25) is 15.8 Å². The molecule has 3 atom stereocenters. The predicted octanol–water partition coefficient (Wildman–Crippen LogP) is 1.39. The maximum Gasteiger partial charge on any atom is 0.0367 e. The lowest BCUT2D eigenvalue weighted by molar-refractivity contribution is 0.131. The monoisotopic (exact) mass is 343 g/mol. The summed E-state index contributed by atoms with van der Waals surface area (Å²) in [4.78, 5) is 7.86. The zero-order valence-corrected chi connectivity index (χ0v) is 15.5. The molecular formula is C20H33N5. The number of benzene rings is 1. The lowest BCUT2D eigenvalue weighted by Gasteiger charge is -2.39. The van der Waals surface area contributed by atoms with Gasteiger partial charge in [-0.25, -0.2) is 0 Å². The van der Waals surface area contributed by atoms with Gasteiger partial charge in [0.1, 0.15) is 0 Å². The molecule has 3 unspecified atom stereocenters. The first-order chi connectivity index (χ1) is 12.3. The van der Waals surface area contributed by atoms with Crippen LogP contribution < -0.4 is 15.8 Å². The Kier molecular flexibility index (Phi) is 5.56. The molecule has 138 valence electrons. The van der Waals surface area contributed by atoms with Crippen LogP contribution in [0, 0.1) is 5.92 Å². The molecule has 4 rings (SSSR count). The molecule has 0 saturated carbocycles. The lowest BCUT2D eigenvalue weighted by atomic mass is 9.87. The Bertz CT molecular complexity index is 522. The number of para-hydroxylation sites is 1. The van der Waals surface area contributed by atoms with Crippen molar-refractivity contribution in [3.8, 4) is 0 Å². The lowest BCUT2D eigenvalue weighted by Crippen LogP contribution is -2.51. The molecule has 3 saturated heterocycles. The van der Waals surface area contributed by atoms with E-state index in [-0.39, 0.29) is 0 Å². The first-order valence-electron chi connectivity index (χ1n) is 10.1. The zero-order valence-electron chi connectivity index (χ0n) is 15.5. The molecule has 0 aliphatic carbocycles. The van der Waals surface area contributed by atoms with Gasteiger partial charge in [0, 0.05) is 69.5 Å². The van der Waals surface area contributed by atoms with E-state index >= 15 is 0 Å². The summed E-state index contributed by atoms with van der Waals surface area (Å²) in [5, 5.41) is 0. The molecule has 5 heteroatoms. The van der Waals surface area contributed by atoms with Gasteiger partial charge in [-0.1, -0.05) is 25.1 Å². The topological polar surface area (TPSA) is 33.8 Å². The fourth-order valence-corrected chi connectivity index (χ4v) is 4.72. The van der Waals surface area contributed by atoms with Gasteiger partial charge in [0.05, 0.1) is 0 Å². The second-order valence-electron chi connectivity index (χ2n) is 7.83. The van der Waals surface area contributed by atoms with Crippen LogP contribution in [0.15, 0.2) is 30.3 Å². The molecule has 3 fully saturated rings. The second kappa shape index (κ2) is 8.04. The van der Waals surface area contributed by atoms with Crippen molar-refractivity contribution in [2.75, 3.05) is 57.3 Å². The Morgan fingerprint density at radius 2 is 1.68 bits per heavy atom. The van der Waals surface area contributed by atoms with E-state index in [0.717, 1.165) is 19.0 Å². The third-order valence-corrected chi connectivity index (χ3v) is 6.38. The van der Waals surface area contributed by atoms with Gasteiger partial charge >= 0.3 is 0 Å². The summed E-state index contributed by atoms with van der Waals surface area (Å²) in [6.07, 6.45) is 2.51. The van der Waals surface area contributed by atoms with Crippen molar-refractivity contribution < 1.29 is 0 Å². The van der Waals surface area contributed by atoms with Crippen molar-refractivity contribution >= 4 is 5.69 Å². The first kappa shape index (κ1) is 17.3. The highest BCUT2D eigenvalue weighted by atomic mass is 15.4. The molecule has 25 heavy (non-hydrogen) atoms. The summed E-state index contributed by atoms with van der Waals surface area (Å²) in [5.74, 6) is 0.786. The zero-order chi connectivity index (χ0) is 17.1. The van der Waals surface area contributed by atoms with Crippen molar-refractivity contribution in [1.82, 2.24) is 20.7 Å². The normalized spacial score (nSPS) is 31.2. The molecule has 0 aromatic heterocycles. The van der Waals surface area contributed by atoms with Gasteiger partial charge in [0.2, 0.25) is 0 Å². The Balaban J connectivity index is 1.21. The van der Waals surface area contributed by atoms with Gasteiger partial charge in [0.25, 0.3) is 0 Å². The van der Waals surface area contributed by atoms with Crippen LogP contribution in [0.25, 0.3) is 0 Å². The average molecular weight is 344 g/mol. The van der Waals surface area contributed by atoms with Gasteiger partial charge in [-0.2, -0.15) is 0 Å². The van der Waals surface area contributed by atoms with Crippen LogP contribution in [0.3, 0.4) is 0 Å². The fourth-order valence-electron chi connectivity index (χ4n) is 4.72. The van der Waals surface area contributed by atoms with Crippen molar-refractivity contribution in [3.63, 3.8) is 0 Å². The third kappa shape index (κ3) is 4.00. The number of hydrogen-bond donors (Lipinski definition) is 2. The minimum absolute atomic E-state index is 0.655. The first-order valence-corrected chi connectivity index (χ1v) is 10.1. The van der Waals surface area contributed by atoms with E-state index in [1.165, 1.54) is 57.8 Å². The molecule has 0 bridgehead atoms. The number of piperidine rings is 1. The molecule has 3 aliphatic rings. The van der Waals surface area contributed by atoms with E-state index in [2.05, 4.69) is 62.8 Å². The van der Waals surface area contributed by atoms with Crippen molar-refractivity contribution in [2.24, 2.45) is 5.92 Å². The Morgan fingerprint density at radius 1 is 0.920 bits per heavy atom. The largest absolute Gasteiger partial charge is 0.369 e. The van der Waals surface area contributed by atoms with E-state index in [1.807, 2.05) is 0 Å². The summed E-state index contributed by atoms with van der Waals surface area (Å²) < 4.78 is 0. The van der Waals surface area contributed by atoms with Crippen LogP contribution in [-0.2, 0) is 0 Å². The van der Waals surface area contributed by atoms with E-state index in [0.29, 0.717) is 12.1 Å². The van der Waals surface area contributed by atoms with E-state index in [1.54, 1.807) is 0 Å². The van der Waals surface area contributed by atoms with E-state index < -0.39 is 0 Å². The smallest absolute Gasteiger partial charge is 0.0367 e. The van der Waals surface area contributed by atoms with Crippen LogP contribution >= 0.6 is 0 Å². The molecule has 3 aliphatic heterocycles. The molecule has 0 spiro atoms. The third-order valence-electron chi connectivity index (χ3n) is 6.38. The molecule has 3 heterocycles. The number of hydrogen-bond acceptors (Lipinski definition) is 5. The Morgan fingerprint density at radius 3 is 2.44 bits per heavy atom. The standard InChI is InChI=1S/C20H33N5/c1-2-19-18-16-24(9-8-20(18)22-21-19)11-10-23-12-14-25(15-13-23)17-6-4-3-5-7-17/h3-7,18-22H,2,8-16H2,1H3. The minimum atomic E-state index is 0.655. The van der Waals surface area contributed by atoms with Crippen molar-refractivity contribution in [1.29, 1.82) is 0 Å². The molecule has 0 amide bonds. The average Bonchev–Trinajstić information content (AvgIpc) is 3.10.